The number of amides is 1. The van der Waals surface area contributed by atoms with Gasteiger partial charge in [-0.05, 0) is 13.0 Å². The molecular weight excluding hydrogens is 396 g/mol. The van der Waals surface area contributed by atoms with E-state index < -0.39 is 29.2 Å². The third-order valence-corrected chi connectivity index (χ3v) is 5.59. The van der Waals surface area contributed by atoms with Crippen molar-refractivity contribution in [1.29, 1.82) is 0 Å². The van der Waals surface area contributed by atoms with Crippen LogP contribution in [0.3, 0.4) is 0 Å². The predicted octanol–water partition coefficient (Wildman–Crippen LogP) is 0.644. The molecule has 0 saturated carbocycles. The summed E-state index contributed by atoms with van der Waals surface area (Å²) in [6.07, 6.45) is 4.33. The largest absolute Gasteiger partial charge is 0.381 e. The Morgan fingerprint density at radius 3 is 2.83 bits per heavy atom. The Bertz CT molecular complexity index is 1070. The highest BCUT2D eigenvalue weighted by Gasteiger charge is 2.43. The van der Waals surface area contributed by atoms with Crippen LogP contribution in [0.2, 0.25) is 0 Å². The molecule has 3 aromatic rings. The predicted molar refractivity (Wildman–Crippen MR) is 101 cm³/mol. The summed E-state index contributed by atoms with van der Waals surface area (Å²) in [6, 6.07) is 2.49. The van der Waals surface area contributed by atoms with Crippen molar-refractivity contribution in [3.8, 4) is 0 Å². The number of nitrogens with zero attached hydrogens (tertiary/aromatic N) is 6. The molecule has 0 spiro atoms. The standard InChI is InChI=1S/C19H21F2N7O2/c1-12(26-4-5-27-7-16(18(22)29)25-17(27)8-26)19(30,9-28-11-23-10-24-28)14-3-2-13(20)6-15(14)21/h2-3,6-7,10-12,30H,4-5,8-9H2,1H3,(H2,22,29)/t12-,19-/m1/s1. The topological polar surface area (TPSA) is 115 Å². The van der Waals surface area contributed by atoms with Gasteiger partial charge in [-0.2, -0.15) is 5.10 Å². The van der Waals surface area contributed by atoms with Gasteiger partial charge in [0.25, 0.3) is 5.91 Å². The van der Waals surface area contributed by atoms with E-state index in [-0.39, 0.29) is 17.8 Å². The molecule has 0 radical (unpaired) electrons. The van der Waals surface area contributed by atoms with Gasteiger partial charge in [-0.1, -0.05) is 6.07 Å². The van der Waals surface area contributed by atoms with Crippen LogP contribution in [0.4, 0.5) is 8.78 Å². The van der Waals surface area contributed by atoms with Crippen LogP contribution in [0.25, 0.3) is 0 Å². The molecule has 11 heteroatoms. The van der Waals surface area contributed by atoms with E-state index in [0.717, 1.165) is 12.1 Å². The second-order valence-corrected chi connectivity index (χ2v) is 7.39. The molecule has 3 heterocycles. The van der Waals surface area contributed by atoms with Gasteiger partial charge in [0.15, 0.2) is 0 Å². The number of nitrogens with two attached hydrogens (primary N) is 1. The molecule has 9 nitrogen and oxygen atoms in total. The summed E-state index contributed by atoms with van der Waals surface area (Å²) in [5.74, 6) is -1.58. The Labute approximate surface area is 170 Å². The summed E-state index contributed by atoms with van der Waals surface area (Å²) in [5.41, 5.74) is 3.70. The first-order valence-electron chi connectivity index (χ1n) is 9.38. The van der Waals surface area contributed by atoms with E-state index in [0.29, 0.717) is 25.5 Å². The zero-order valence-electron chi connectivity index (χ0n) is 16.2. The number of imidazole rings is 1. The van der Waals surface area contributed by atoms with Gasteiger partial charge in [0.2, 0.25) is 0 Å². The van der Waals surface area contributed by atoms with Crippen LogP contribution in [0.5, 0.6) is 0 Å². The summed E-state index contributed by atoms with van der Waals surface area (Å²) >= 11 is 0. The van der Waals surface area contributed by atoms with Crippen molar-refractivity contribution in [1.82, 2.24) is 29.2 Å². The summed E-state index contributed by atoms with van der Waals surface area (Å²) < 4.78 is 31.4. The lowest BCUT2D eigenvalue weighted by atomic mass is 9.85. The van der Waals surface area contributed by atoms with Crippen LogP contribution in [-0.2, 0) is 25.2 Å². The first-order valence-corrected chi connectivity index (χ1v) is 9.38. The zero-order valence-corrected chi connectivity index (χ0v) is 16.2. The molecule has 30 heavy (non-hydrogen) atoms. The van der Waals surface area contributed by atoms with E-state index in [1.54, 1.807) is 13.1 Å². The van der Waals surface area contributed by atoms with Crippen LogP contribution in [-0.4, -0.2) is 52.8 Å². The van der Waals surface area contributed by atoms with Crippen molar-refractivity contribution in [2.45, 2.75) is 38.2 Å². The molecular formula is C19H21F2N7O2. The summed E-state index contributed by atoms with van der Waals surface area (Å²) in [4.78, 5) is 21.5. The lowest BCUT2D eigenvalue weighted by Crippen LogP contribution is -2.53. The molecule has 158 valence electrons. The molecule has 0 saturated heterocycles. The highest BCUT2D eigenvalue weighted by Crippen LogP contribution is 2.34. The van der Waals surface area contributed by atoms with Gasteiger partial charge in [-0.3, -0.25) is 9.69 Å². The second kappa shape index (κ2) is 7.58. The van der Waals surface area contributed by atoms with E-state index in [1.807, 2.05) is 9.47 Å². The third kappa shape index (κ3) is 3.57. The van der Waals surface area contributed by atoms with Crippen LogP contribution < -0.4 is 5.73 Å². The summed E-state index contributed by atoms with van der Waals surface area (Å²) in [6.45, 7) is 3.02. The van der Waals surface area contributed by atoms with Gasteiger partial charge in [0.1, 0.15) is 41.4 Å². The van der Waals surface area contributed by atoms with Crippen molar-refractivity contribution >= 4 is 5.91 Å². The molecule has 1 aromatic carbocycles. The lowest BCUT2D eigenvalue weighted by Gasteiger charge is -2.42. The van der Waals surface area contributed by atoms with E-state index in [2.05, 4.69) is 15.1 Å². The SMILES string of the molecule is C[C@@H](N1CCn2cc(C(N)=O)nc2C1)[C@](O)(Cn1cncn1)c1ccc(F)cc1F. The molecule has 2 atom stereocenters. The minimum absolute atomic E-state index is 0.0429. The molecule has 1 aliphatic rings. The number of carbonyl (C=O) groups is 1. The molecule has 0 aliphatic carbocycles. The van der Waals surface area contributed by atoms with Crippen LogP contribution in [0, 0.1) is 11.6 Å². The fourth-order valence-electron chi connectivity index (χ4n) is 3.87. The van der Waals surface area contributed by atoms with Crippen molar-refractivity contribution in [3.05, 3.63) is 65.8 Å². The maximum Gasteiger partial charge on any atom is 0.268 e. The first-order chi connectivity index (χ1) is 14.3. The molecule has 0 unspecified atom stereocenters. The van der Waals surface area contributed by atoms with Gasteiger partial charge in [-0.15, -0.1) is 0 Å². The maximum absolute atomic E-state index is 14.7. The highest BCUT2D eigenvalue weighted by atomic mass is 19.1. The number of benzene rings is 1. The minimum Gasteiger partial charge on any atom is -0.381 e. The smallest absolute Gasteiger partial charge is 0.268 e. The highest BCUT2D eigenvalue weighted by molar-refractivity contribution is 5.90. The zero-order chi connectivity index (χ0) is 21.5. The molecule has 0 bridgehead atoms. The average Bonchev–Trinajstić information content (AvgIpc) is 3.36. The normalized spacial score (nSPS) is 17.3. The van der Waals surface area contributed by atoms with E-state index in [1.165, 1.54) is 23.4 Å². The van der Waals surface area contributed by atoms with Crippen molar-refractivity contribution in [3.63, 3.8) is 0 Å². The van der Waals surface area contributed by atoms with Gasteiger partial charge < -0.3 is 15.4 Å². The maximum atomic E-state index is 14.7. The lowest BCUT2D eigenvalue weighted by molar-refractivity contribution is -0.0709. The van der Waals surface area contributed by atoms with E-state index in [9.17, 15) is 18.7 Å². The second-order valence-electron chi connectivity index (χ2n) is 7.39. The van der Waals surface area contributed by atoms with Crippen molar-refractivity contribution in [2.75, 3.05) is 6.54 Å². The van der Waals surface area contributed by atoms with Gasteiger partial charge in [0.05, 0.1) is 13.1 Å². The Hall–Kier alpha value is -3.18. The molecule has 0 fully saturated rings. The number of halogens is 2. The average molecular weight is 417 g/mol. The molecule has 2 aromatic heterocycles. The van der Waals surface area contributed by atoms with Crippen molar-refractivity contribution < 1.29 is 18.7 Å². The Kier molecular flexibility index (Phi) is 5.08. The molecule has 1 amide bonds. The summed E-state index contributed by atoms with van der Waals surface area (Å²) in [5, 5.41) is 15.7. The van der Waals surface area contributed by atoms with Gasteiger partial charge >= 0.3 is 0 Å². The monoisotopic (exact) mass is 417 g/mol. The number of hydrogen-bond donors (Lipinski definition) is 2. The molecule has 4 rings (SSSR count). The van der Waals surface area contributed by atoms with E-state index >= 15 is 0 Å². The van der Waals surface area contributed by atoms with E-state index in [4.69, 9.17) is 5.73 Å². The summed E-state index contributed by atoms with van der Waals surface area (Å²) in [7, 11) is 0. The third-order valence-electron chi connectivity index (χ3n) is 5.59. The van der Waals surface area contributed by atoms with Gasteiger partial charge in [-0.25, -0.2) is 23.4 Å². The Balaban J connectivity index is 1.68. The number of rotatable bonds is 6. The number of aliphatic hydroxyl groups is 1. The van der Waals surface area contributed by atoms with Crippen LogP contribution in [0.15, 0.2) is 37.1 Å². The fraction of sp³-hybridized carbons (Fsp3) is 0.368. The van der Waals surface area contributed by atoms with Crippen LogP contribution >= 0.6 is 0 Å². The Morgan fingerprint density at radius 1 is 1.37 bits per heavy atom. The van der Waals surface area contributed by atoms with Crippen LogP contribution in [0.1, 0.15) is 28.8 Å². The molecule has 3 N–H and O–H groups in total. The fourth-order valence-corrected chi connectivity index (χ4v) is 3.87. The number of primary amides is 1. The number of fused-ring (bicyclic) bond motifs is 1. The first kappa shape index (κ1) is 20.1. The number of hydrogen-bond acceptors (Lipinski definition) is 6. The number of aromatic nitrogens is 5. The molecule has 1 aliphatic heterocycles. The van der Waals surface area contributed by atoms with Crippen molar-refractivity contribution in [2.24, 2.45) is 5.73 Å². The minimum atomic E-state index is -1.74. The quantitative estimate of drug-likeness (QED) is 0.608. The Morgan fingerprint density at radius 2 is 2.17 bits per heavy atom. The number of carbonyl (C=O) groups excluding carboxylic acids is 1. The van der Waals surface area contributed by atoms with Gasteiger partial charge in [0, 0.05) is 37.0 Å².